The smallest absolute Gasteiger partial charge is 0.227 e. The minimum Gasteiger partial charge on any atom is -0.313 e. The quantitative estimate of drug-likeness (QED) is 0.810. The zero-order valence-corrected chi connectivity index (χ0v) is 15.1. The van der Waals surface area contributed by atoms with Crippen molar-refractivity contribution in [3.8, 4) is 11.3 Å². The molecule has 1 aliphatic heterocycles. The Morgan fingerprint density at radius 2 is 2.36 bits per heavy atom. The number of amides is 1. The summed E-state index contributed by atoms with van der Waals surface area (Å²) in [6.45, 7) is 1.02. The molecule has 7 heteroatoms. The van der Waals surface area contributed by atoms with Crippen molar-refractivity contribution >= 4 is 50.7 Å². The van der Waals surface area contributed by atoms with Crippen molar-refractivity contribution in [2.45, 2.75) is 25.3 Å². The molecule has 118 valence electrons. The van der Waals surface area contributed by atoms with E-state index in [0.717, 1.165) is 35.1 Å². The Hall–Kier alpha value is -0.950. The van der Waals surface area contributed by atoms with E-state index in [2.05, 4.69) is 31.5 Å². The fourth-order valence-electron chi connectivity index (χ4n) is 2.44. The van der Waals surface area contributed by atoms with Crippen molar-refractivity contribution in [2.24, 2.45) is 0 Å². The molecule has 22 heavy (non-hydrogen) atoms. The summed E-state index contributed by atoms with van der Waals surface area (Å²) < 4.78 is 1.02. The molecule has 1 amide bonds. The second-order valence-corrected chi connectivity index (χ2v) is 6.87. The number of halogens is 2. The van der Waals surface area contributed by atoms with E-state index in [1.807, 2.05) is 29.6 Å². The fraction of sp³-hybridized carbons (Fsp3) is 0.333. The van der Waals surface area contributed by atoms with Crippen LogP contribution in [0.15, 0.2) is 34.1 Å². The van der Waals surface area contributed by atoms with Gasteiger partial charge in [-0.25, -0.2) is 4.98 Å². The van der Waals surface area contributed by atoms with Gasteiger partial charge in [0.05, 0.1) is 5.69 Å². The largest absolute Gasteiger partial charge is 0.313 e. The lowest BCUT2D eigenvalue weighted by Crippen LogP contribution is -2.27. The number of anilines is 1. The first-order chi connectivity index (χ1) is 10.2. The molecule has 1 aromatic carbocycles. The van der Waals surface area contributed by atoms with Gasteiger partial charge in [0, 0.05) is 27.9 Å². The van der Waals surface area contributed by atoms with Gasteiger partial charge in [-0.3, -0.25) is 4.79 Å². The number of hydrogen-bond donors (Lipinski definition) is 2. The summed E-state index contributed by atoms with van der Waals surface area (Å²) in [5.74, 6) is 0.0320. The van der Waals surface area contributed by atoms with E-state index in [-0.39, 0.29) is 18.3 Å². The standard InChI is InChI=1S/C15H16BrN3OS.ClH/c16-11-4-1-3-10(7-11)13-9-21-15(18-13)19-14(20)8-12-5-2-6-17-12;/h1,3-4,7,9,12,17H,2,5-6,8H2,(H,18,19,20);1H. The van der Waals surface area contributed by atoms with Crippen LogP contribution in [-0.4, -0.2) is 23.5 Å². The van der Waals surface area contributed by atoms with Gasteiger partial charge in [-0.15, -0.1) is 23.7 Å². The maximum absolute atomic E-state index is 12.0. The third-order valence-corrected chi connectivity index (χ3v) is 4.72. The number of benzene rings is 1. The molecule has 0 spiro atoms. The van der Waals surface area contributed by atoms with E-state index in [1.165, 1.54) is 11.3 Å². The zero-order valence-electron chi connectivity index (χ0n) is 11.8. The van der Waals surface area contributed by atoms with Crippen LogP contribution in [0.2, 0.25) is 0 Å². The van der Waals surface area contributed by atoms with Crippen LogP contribution in [0.1, 0.15) is 19.3 Å². The van der Waals surface area contributed by atoms with E-state index in [9.17, 15) is 4.79 Å². The van der Waals surface area contributed by atoms with Gasteiger partial charge < -0.3 is 10.6 Å². The van der Waals surface area contributed by atoms with Gasteiger partial charge >= 0.3 is 0 Å². The first kappa shape index (κ1) is 17.4. The van der Waals surface area contributed by atoms with Gasteiger partial charge in [0.2, 0.25) is 5.91 Å². The van der Waals surface area contributed by atoms with E-state index < -0.39 is 0 Å². The monoisotopic (exact) mass is 401 g/mol. The summed E-state index contributed by atoms with van der Waals surface area (Å²) in [6, 6.07) is 8.29. The Labute approximate surface area is 148 Å². The summed E-state index contributed by atoms with van der Waals surface area (Å²) in [5.41, 5.74) is 1.93. The van der Waals surface area contributed by atoms with E-state index in [4.69, 9.17) is 0 Å². The van der Waals surface area contributed by atoms with Crippen molar-refractivity contribution < 1.29 is 4.79 Å². The van der Waals surface area contributed by atoms with E-state index >= 15 is 0 Å². The third kappa shape index (κ3) is 4.52. The summed E-state index contributed by atoms with van der Waals surface area (Å²) in [6.07, 6.45) is 2.75. The molecular weight excluding hydrogens is 386 g/mol. The first-order valence-electron chi connectivity index (χ1n) is 6.95. The number of thiazole rings is 1. The van der Waals surface area contributed by atoms with Gasteiger partial charge in [0.25, 0.3) is 0 Å². The predicted molar refractivity (Wildman–Crippen MR) is 96.8 cm³/mol. The highest BCUT2D eigenvalue weighted by atomic mass is 79.9. The Kier molecular flexibility index (Phi) is 6.37. The molecule has 2 aromatic rings. The normalized spacial score (nSPS) is 17.0. The molecule has 1 aliphatic rings. The number of aromatic nitrogens is 1. The van der Waals surface area contributed by atoms with Gasteiger partial charge in [-0.1, -0.05) is 28.1 Å². The lowest BCUT2D eigenvalue weighted by molar-refractivity contribution is -0.116. The lowest BCUT2D eigenvalue weighted by Gasteiger charge is -2.08. The van der Waals surface area contributed by atoms with E-state index in [0.29, 0.717) is 17.6 Å². The molecule has 4 nitrogen and oxygen atoms in total. The highest BCUT2D eigenvalue weighted by Gasteiger charge is 2.18. The van der Waals surface area contributed by atoms with E-state index in [1.54, 1.807) is 0 Å². The second kappa shape index (κ2) is 8.06. The molecule has 1 unspecified atom stereocenters. The molecule has 0 saturated carbocycles. The Morgan fingerprint density at radius 3 is 3.09 bits per heavy atom. The molecule has 0 radical (unpaired) electrons. The van der Waals surface area contributed by atoms with Crippen LogP contribution in [0.5, 0.6) is 0 Å². The summed E-state index contributed by atoms with van der Waals surface area (Å²) in [7, 11) is 0. The van der Waals surface area contributed by atoms with Crippen LogP contribution in [-0.2, 0) is 4.79 Å². The summed E-state index contributed by atoms with van der Waals surface area (Å²) in [5, 5.41) is 8.84. The fourth-order valence-corrected chi connectivity index (χ4v) is 3.57. The van der Waals surface area contributed by atoms with Gasteiger partial charge in [-0.05, 0) is 31.5 Å². The lowest BCUT2D eigenvalue weighted by atomic mass is 10.1. The Morgan fingerprint density at radius 1 is 1.50 bits per heavy atom. The minimum absolute atomic E-state index is 0. The first-order valence-corrected chi connectivity index (χ1v) is 8.63. The average Bonchev–Trinajstić information content (AvgIpc) is 3.10. The van der Waals surface area contributed by atoms with Crippen molar-refractivity contribution in [3.05, 3.63) is 34.1 Å². The van der Waals surface area contributed by atoms with Crippen molar-refractivity contribution in [2.75, 3.05) is 11.9 Å². The number of hydrogen-bond acceptors (Lipinski definition) is 4. The molecule has 1 saturated heterocycles. The molecular formula is C15H17BrClN3OS. The SMILES string of the molecule is Cl.O=C(CC1CCCN1)Nc1nc(-c2cccc(Br)c2)cs1. The topological polar surface area (TPSA) is 54.0 Å². The highest BCUT2D eigenvalue weighted by Crippen LogP contribution is 2.27. The number of nitrogens with zero attached hydrogens (tertiary/aromatic N) is 1. The maximum atomic E-state index is 12.0. The average molecular weight is 403 g/mol. The van der Waals surface area contributed by atoms with Crippen molar-refractivity contribution in [1.29, 1.82) is 0 Å². The number of carbonyl (C=O) groups excluding carboxylic acids is 1. The molecule has 0 aliphatic carbocycles. The van der Waals surface area contributed by atoms with Gasteiger partial charge in [-0.2, -0.15) is 0 Å². The Balaban J connectivity index is 0.00000176. The van der Waals surface area contributed by atoms with Crippen LogP contribution in [0.3, 0.4) is 0 Å². The Bertz CT molecular complexity index is 643. The van der Waals surface area contributed by atoms with Crippen LogP contribution in [0, 0.1) is 0 Å². The molecule has 3 rings (SSSR count). The van der Waals surface area contributed by atoms with Crippen LogP contribution < -0.4 is 10.6 Å². The summed E-state index contributed by atoms with van der Waals surface area (Å²) in [4.78, 5) is 16.5. The molecule has 1 atom stereocenters. The maximum Gasteiger partial charge on any atom is 0.227 e. The third-order valence-electron chi connectivity index (χ3n) is 3.47. The minimum atomic E-state index is 0. The molecule has 2 N–H and O–H groups in total. The second-order valence-electron chi connectivity index (χ2n) is 5.09. The number of carbonyl (C=O) groups is 1. The van der Waals surface area contributed by atoms with Gasteiger partial charge in [0.1, 0.15) is 0 Å². The van der Waals surface area contributed by atoms with Crippen molar-refractivity contribution in [3.63, 3.8) is 0 Å². The zero-order chi connectivity index (χ0) is 14.7. The molecule has 2 heterocycles. The van der Waals surface area contributed by atoms with Crippen LogP contribution in [0.4, 0.5) is 5.13 Å². The molecule has 0 bridgehead atoms. The molecule has 1 fully saturated rings. The predicted octanol–water partition coefficient (Wildman–Crippen LogP) is 4.08. The number of nitrogens with one attached hydrogen (secondary N) is 2. The van der Waals surface area contributed by atoms with Gasteiger partial charge in [0.15, 0.2) is 5.13 Å². The van der Waals surface area contributed by atoms with Crippen LogP contribution >= 0.6 is 39.7 Å². The van der Waals surface area contributed by atoms with Crippen LogP contribution in [0.25, 0.3) is 11.3 Å². The summed E-state index contributed by atoms with van der Waals surface area (Å²) >= 11 is 4.91. The number of rotatable bonds is 4. The molecule has 1 aromatic heterocycles. The highest BCUT2D eigenvalue weighted by molar-refractivity contribution is 9.10. The van der Waals surface area contributed by atoms with Crippen molar-refractivity contribution in [1.82, 2.24) is 10.3 Å².